The van der Waals surface area contributed by atoms with Gasteiger partial charge in [0.05, 0.1) is 6.61 Å². The van der Waals surface area contributed by atoms with Crippen molar-refractivity contribution in [3.8, 4) is 0 Å². The van der Waals surface area contributed by atoms with Crippen LogP contribution < -0.4 is 5.32 Å². The van der Waals surface area contributed by atoms with E-state index in [4.69, 9.17) is 9.84 Å². The lowest BCUT2D eigenvalue weighted by Crippen LogP contribution is -2.49. The summed E-state index contributed by atoms with van der Waals surface area (Å²) < 4.78 is 5.46. The highest BCUT2D eigenvalue weighted by Crippen LogP contribution is 2.15. The third-order valence-electron chi connectivity index (χ3n) is 4.13. The summed E-state index contributed by atoms with van der Waals surface area (Å²) in [5.41, 5.74) is 1.74. The van der Waals surface area contributed by atoms with Crippen molar-refractivity contribution >= 4 is 6.09 Å². The van der Waals surface area contributed by atoms with Crippen molar-refractivity contribution in [2.75, 3.05) is 19.6 Å². The molecule has 1 fully saturated rings. The summed E-state index contributed by atoms with van der Waals surface area (Å²) >= 11 is 0. The number of piperidine rings is 1. The second-order valence-electron chi connectivity index (χ2n) is 7.44. The molecular weight excluding hydrogens is 304 g/mol. The fraction of sp³-hybridized carbons (Fsp3) is 0.632. The summed E-state index contributed by atoms with van der Waals surface area (Å²) in [6, 6.07) is 8.35. The van der Waals surface area contributed by atoms with Crippen LogP contribution in [0.25, 0.3) is 0 Å². The normalized spacial score (nSPS) is 18.5. The van der Waals surface area contributed by atoms with Crippen molar-refractivity contribution in [2.24, 2.45) is 0 Å². The van der Waals surface area contributed by atoms with E-state index in [-0.39, 0.29) is 12.7 Å². The lowest BCUT2D eigenvalue weighted by atomic mass is 10.1. The second-order valence-corrected chi connectivity index (χ2v) is 7.44. The van der Waals surface area contributed by atoms with Crippen molar-refractivity contribution in [1.82, 2.24) is 10.2 Å². The number of aliphatic hydroxyl groups excluding tert-OH is 1. The number of carbonyl (C=O) groups excluding carboxylic acids is 1. The number of rotatable bonds is 5. The third kappa shape index (κ3) is 6.13. The molecule has 1 aliphatic heterocycles. The predicted molar refractivity (Wildman–Crippen MR) is 94.9 cm³/mol. The summed E-state index contributed by atoms with van der Waals surface area (Å²) in [7, 11) is 0. The average molecular weight is 334 g/mol. The van der Waals surface area contributed by atoms with Gasteiger partial charge >= 0.3 is 6.09 Å². The van der Waals surface area contributed by atoms with E-state index in [1.807, 2.05) is 37.8 Å². The molecule has 2 rings (SSSR count). The molecule has 1 heterocycles. The molecular formula is C19H30N2O3. The summed E-state index contributed by atoms with van der Waals surface area (Å²) in [5, 5.41) is 12.6. The van der Waals surface area contributed by atoms with Crippen LogP contribution in [-0.4, -0.2) is 47.4 Å². The van der Waals surface area contributed by atoms with Gasteiger partial charge in [0, 0.05) is 19.1 Å². The van der Waals surface area contributed by atoms with Crippen LogP contribution in [0, 0.1) is 0 Å². The average Bonchev–Trinajstić information content (AvgIpc) is 2.54. The van der Waals surface area contributed by atoms with E-state index in [9.17, 15) is 4.79 Å². The Balaban J connectivity index is 1.75. The van der Waals surface area contributed by atoms with Crippen LogP contribution in [-0.2, 0) is 17.8 Å². The number of hydrogen-bond acceptors (Lipinski definition) is 4. The molecule has 1 unspecified atom stereocenters. The number of aliphatic hydroxyl groups is 1. The standard InChI is InChI=1S/C19H30N2O3/c1-19(2,3)24-18(23)21-12-4-5-17(13-21)20-11-10-15-6-8-16(14-22)9-7-15/h6-9,17,20,22H,4-5,10-14H2,1-3H3. The molecule has 134 valence electrons. The summed E-state index contributed by atoms with van der Waals surface area (Å²) in [5.74, 6) is 0. The van der Waals surface area contributed by atoms with Gasteiger partial charge in [0.1, 0.15) is 5.60 Å². The largest absolute Gasteiger partial charge is 0.444 e. The highest BCUT2D eigenvalue weighted by molar-refractivity contribution is 5.68. The number of ether oxygens (including phenoxy) is 1. The molecule has 5 nitrogen and oxygen atoms in total. The highest BCUT2D eigenvalue weighted by Gasteiger charge is 2.27. The minimum atomic E-state index is -0.446. The Kier molecular flexibility index (Phi) is 6.63. The molecule has 5 heteroatoms. The molecule has 0 spiro atoms. The van der Waals surface area contributed by atoms with E-state index in [0.717, 1.165) is 37.9 Å². The molecule has 0 aromatic heterocycles. The minimum Gasteiger partial charge on any atom is -0.444 e. The van der Waals surface area contributed by atoms with Gasteiger partial charge in [-0.2, -0.15) is 0 Å². The quantitative estimate of drug-likeness (QED) is 0.869. The molecule has 1 saturated heterocycles. The Bertz CT molecular complexity index is 522. The Morgan fingerprint density at radius 1 is 1.29 bits per heavy atom. The summed E-state index contributed by atoms with van der Waals surface area (Å²) in [6.07, 6.45) is 2.81. The van der Waals surface area contributed by atoms with Crippen LogP contribution in [0.4, 0.5) is 4.79 Å². The topological polar surface area (TPSA) is 61.8 Å². The molecule has 0 aliphatic carbocycles. The van der Waals surface area contributed by atoms with E-state index in [2.05, 4.69) is 17.4 Å². The van der Waals surface area contributed by atoms with E-state index < -0.39 is 5.60 Å². The molecule has 1 aromatic rings. The number of nitrogens with one attached hydrogen (secondary N) is 1. The predicted octanol–water partition coefficient (Wildman–Crippen LogP) is 2.71. The fourth-order valence-electron chi connectivity index (χ4n) is 2.87. The Morgan fingerprint density at radius 3 is 2.58 bits per heavy atom. The van der Waals surface area contributed by atoms with Gasteiger partial charge < -0.3 is 20.1 Å². The molecule has 0 saturated carbocycles. The summed E-state index contributed by atoms with van der Waals surface area (Å²) in [6.45, 7) is 8.13. The molecule has 1 atom stereocenters. The van der Waals surface area contributed by atoms with Crippen LogP contribution in [0.5, 0.6) is 0 Å². The first kappa shape index (κ1) is 18.7. The van der Waals surface area contributed by atoms with Crippen molar-refractivity contribution in [1.29, 1.82) is 0 Å². The van der Waals surface area contributed by atoms with Crippen LogP contribution >= 0.6 is 0 Å². The first-order valence-electron chi connectivity index (χ1n) is 8.77. The van der Waals surface area contributed by atoms with Crippen LogP contribution in [0.3, 0.4) is 0 Å². The van der Waals surface area contributed by atoms with Crippen LogP contribution in [0.15, 0.2) is 24.3 Å². The first-order chi connectivity index (χ1) is 11.4. The number of hydrogen-bond donors (Lipinski definition) is 2. The molecule has 0 bridgehead atoms. The Morgan fingerprint density at radius 2 is 1.96 bits per heavy atom. The lowest BCUT2D eigenvalue weighted by molar-refractivity contribution is 0.0188. The zero-order chi connectivity index (χ0) is 17.6. The SMILES string of the molecule is CC(C)(C)OC(=O)N1CCCC(NCCc2ccc(CO)cc2)C1. The van der Waals surface area contributed by atoms with Crippen LogP contribution in [0.1, 0.15) is 44.7 Å². The van der Waals surface area contributed by atoms with Gasteiger partial charge in [0.2, 0.25) is 0 Å². The molecule has 24 heavy (non-hydrogen) atoms. The molecule has 0 radical (unpaired) electrons. The molecule has 1 amide bonds. The van der Waals surface area contributed by atoms with E-state index in [1.165, 1.54) is 5.56 Å². The number of benzene rings is 1. The van der Waals surface area contributed by atoms with Crippen molar-refractivity contribution in [3.05, 3.63) is 35.4 Å². The van der Waals surface area contributed by atoms with Gasteiger partial charge in [0.15, 0.2) is 0 Å². The van der Waals surface area contributed by atoms with Gasteiger partial charge in [-0.15, -0.1) is 0 Å². The maximum Gasteiger partial charge on any atom is 0.410 e. The lowest BCUT2D eigenvalue weighted by Gasteiger charge is -2.34. The third-order valence-corrected chi connectivity index (χ3v) is 4.13. The van der Waals surface area contributed by atoms with Gasteiger partial charge in [0.25, 0.3) is 0 Å². The van der Waals surface area contributed by atoms with Crippen molar-refractivity contribution in [2.45, 2.75) is 58.3 Å². The number of carbonyl (C=O) groups is 1. The number of amides is 1. The van der Waals surface area contributed by atoms with Gasteiger partial charge in [-0.25, -0.2) is 4.79 Å². The molecule has 2 N–H and O–H groups in total. The van der Waals surface area contributed by atoms with E-state index >= 15 is 0 Å². The maximum absolute atomic E-state index is 12.2. The van der Waals surface area contributed by atoms with Crippen molar-refractivity contribution < 1.29 is 14.6 Å². The number of likely N-dealkylation sites (tertiary alicyclic amines) is 1. The Hall–Kier alpha value is -1.59. The van der Waals surface area contributed by atoms with Crippen LogP contribution in [0.2, 0.25) is 0 Å². The minimum absolute atomic E-state index is 0.0844. The smallest absolute Gasteiger partial charge is 0.410 e. The zero-order valence-electron chi connectivity index (χ0n) is 15.0. The van der Waals surface area contributed by atoms with E-state index in [1.54, 1.807) is 0 Å². The van der Waals surface area contributed by atoms with Crippen molar-refractivity contribution in [3.63, 3.8) is 0 Å². The zero-order valence-corrected chi connectivity index (χ0v) is 15.0. The molecule has 1 aliphatic rings. The van der Waals surface area contributed by atoms with Gasteiger partial charge in [-0.05, 0) is 57.7 Å². The van der Waals surface area contributed by atoms with E-state index in [0.29, 0.717) is 12.6 Å². The van der Waals surface area contributed by atoms with Gasteiger partial charge in [-0.3, -0.25) is 0 Å². The number of nitrogens with zero attached hydrogens (tertiary/aromatic N) is 1. The first-order valence-corrected chi connectivity index (χ1v) is 8.77. The molecule has 1 aromatic carbocycles. The second kappa shape index (κ2) is 8.49. The van der Waals surface area contributed by atoms with Gasteiger partial charge in [-0.1, -0.05) is 24.3 Å². The fourth-order valence-corrected chi connectivity index (χ4v) is 2.87. The maximum atomic E-state index is 12.2. The Labute approximate surface area is 145 Å². The monoisotopic (exact) mass is 334 g/mol. The summed E-state index contributed by atoms with van der Waals surface area (Å²) in [4.78, 5) is 14.0. The highest BCUT2D eigenvalue weighted by atomic mass is 16.6.